The van der Waals surface area contributed by atoms with Gasteiger partial charge in [-0.2, -0.15) is 5.26 Å². The molecular formula is C20H32N2O4. The van der Waals surface area contributed by atoms with E-state index in [0.717, 1.165) is 38.8 Å². The molecule has 1 rings (SSSR count). The van der Waals surface area contributed by atoms with Crippen LogP contribution in [0.2, 0.25) is 0 Å². The number of hydrogen-bond acceptors (Lipinski definition) is 6. The predicted molar refractivity (Wildman–Crippen MR) is 100 cm³/mol. The summed E-state index contributed by atoms with van der Waals surface area (Å²) < 4.78 is 16.2. The third kappa shape index (κ3) is 8.50. The van der Waals surface area contributed by atoms with Crippen molar-refractivity contribution in [1.82, 2.24) is 4.90 Å². The van der Waals surface area contributed by atoms with Gasteiger partial charge in [-0.3, -0.25) is 0 Å². The largest absolute Gasteiger partial charge is 0.459 e. The third-order valence-electron chi connectivity index (χ3n) is 3.97. The molecule has 0 aromatic heterocycles. The van der Waals surface area contributed by atoms with E-state index in [-0.39, 0.29) is 18.3 Å². The summed E-state index contributed by atoms with van der Waals surface area (Å²) in [5.74, 6) is -1.30. The predicted octanol–water partition coefficient (Wildman–Crippen LogP) is 3.55. The first-order chi connectivity index (χ1) is 12.4. The molecule has 1 aliphatic heterocycles. The first-order valence-electron chi connectivity index (χ1n) is 9.43. The van der Waals surface area contributed by atoms with Gasteiger partial charge in [0.1, 0.15) is 24.4 Å². The van der Waals surface area contributed by atoms with Crippen molar-refractivity contribution in [3.63, 3.8) is 0 Å². The molecule has 1 aliphatic rings. The van der Waals surface area contributed by atoms with Gasteiger partial charge in [0, 0.05) is 13.1 Å². The molecule has 0 saturated carbocycles. The van der Waals surface area contributed by atoms with Crippen LogP contribution in [-0.2, 0) is 19.0 Å². The lowest BCUT2D eigenvalue weighted by Gasteiger charge is -2.19. The molecule has 1 heterocycles. The molecule has 1 fully saturated rings. The first-order valence-corrected chi connectivity index (χ1v) is 9.43. The Morgan fingerprint density at radius 3 is 2.46 bits per heavy atom. The SMILES string of the molecule is CCCCN(C=CC=C(C#N)C(=O)OCC1COC(C)(C)O1)CCCC. The van der Waals surface area contributed by atoms with Crippen LogP contribution in [0.15, 0.2) is 23.9 Å². The lowest BCUT2D eigenvalue weighted by Crippen LogP contribution is -2.25. The number of carbonyl (C=O) groups is 1. The summed E-state index contributed by atoms with van der Waals surface area (Å²) in [7, 11) is 0. The molecule has 0 bridgehead atoms. The molecule has 0 amide bonds. The van der Waals surface area contributed by atoms with Crippen molar-refractivity contribution in [3.05, 3.63) is 23.9 Å². The molecule has 0 spiro atoms. The van der Waals surface area contributed by atoms with E-state index >= 15 is 0 Å². The first kappa shape index (κ1) is 22.2. The highest BCUT2D eigenvalue weighted by molar-refractivity contribution is 5.93. The Kier molecular flexibility index (Phi) is 10.0. The van der Waals surface area contributed by atoms with E-state index in [4.69, 9.17) is 14.2 Å². The summed E-state index contributed by atoms with van der Waals surface area (Å²) >= 11 is 0. The van der Waals surface area contributed by atoms with Crippen molar-refractivity contribution in [2.75, 3.05) is 26.3 Å². The lowest BCUT2D eigenvalue weighted by molar-refractivity contribution is -0.155. The van der Waals surface area contributed by atoms with E-state index in [2.05, 4.69) is 18.7 Å². The standard InChI is InChI=1S/C20H32N2O4/c1-5-7-11-22(12-8-6-2)13-9-10-17(14-21)19(23)24-15-18-16-25-20(3,4)26-18/h9-10,13,18H,5-8,11-12,15-16H2,1-4H3. The molecule has 26 heavy (non-hydrogen) atoms. The van der Waals surface area contributed by atoms with Crippen molar-refractivity contribution >= 4 is 5.97 Å². The maximum Gasteiger partial charge on any atom is 0.348 e. The average Bonchev–Trinajstić information content (AvgIpc) is 2.97. The summed E-state index contributed by atoms with van der Waals surface area (Å²) in [5.41, 5.74) is -0.0228. The van der Waals surface area contributed by atoms with Gasteiger partial charge in [-0.15, -0.1) is 0 Å². The summed E-state index contributed by atoms with van der Waals surface area (Å²) in [5, 5.41) is 9.20. The van der Waals surface area contributed by atoms with E-state index < -0.39 is 11.8 Å². The van der Waals surface area contributed by atoms with Gasteiger partial charge in [0.15, 0.2) is 5.79 Å². The van der Waals surface area contributed by atoms with Crippen LogP contribution >= 0.6 is 0 Å². The van der Waals surface area contributed by atoms with E-state index in [9.17, 15) is 10.1 Å². The van der Waals surface area contributed by atoms with Crippen LogP contribution < -0.4 is 0 Å². The van der Waals surface area contributed by atoms with Crippen LogP contribution in [0.5, 0.6) is 0 Å². The van der Waals surface area contributed by atoms with Crippen LogP contribution in [0.4, 0.5) is 0 Å². The van der Waals surface area contributed by atoms with E-state index in [1.807, 2.05) is 26.1 Å². The number of carbonyl (C=O) groups excluding carboxylic acids is 1. The summed E-state index contributed by atoms with van der Waals surface area (Å²) in [6.45, 7) is 10.3. The second kappa shape index (κ2) is 11.7. The second-order valence-corrected chi connectivity index (χ2v) is 6.83. The molecule has 1 unspecified atom stereocenters. The van der Waals surface area contributed by atoms with Crippen molar-refractivity contribution in [3.8, 4) is 6.07 Å². The van der Waals surface area contributed by atoms with E-state index in [0.29, 0.717) is 6.61 Å². The van der Waals surface area contributed by atoms with Crippen LogP contribution in [0.3, 0.4) is 0 Å². The lowest BCUT2D eigenvalue weighted by atomic mass is 10.2. The molecular weight excluding hydrogens is 332 g/mol. The monoisotopic (exact) mass is 364 g/mol. The van der Waals surface area contributed by atoms with Gasteiger partial charge in [-0.25, -0.2) is 4.79 Å². The Labute approximate surface area is 157 Å². The minimum atomic E-state index is -0.659. The highest BCUT2D eigenvalue weighted by Crippen LogP contribution is 2.22. The molecule has 0 radical (unpaired) electrons. The smallest absolute Gasteiger partial charge is 0.348 e. The van der Waals surface area contributed by atoms with Crippen molar-refractivity contribution < 1.29 is 19.0 Å². The highest BCUT2D eigenvalue weighted by Gasteiger charge is 2.33. The maximum absolute atomic E-state index is 12.1. The van der Waals surface area contributed by atoms with Gasteiger partial charge in [0.2, 0.25) is 0 Å². The average molecular weight is 364 g/mol. The topological polar surface area (TPSA) is 71.8 Å². The van der Waals surface area contributed by atoms with Gasteiger partial charge < -0.3 is 19.1 Å². The van der Waals surface area contributed by atoms with Crippen LogP contribution in [0.25, 0.3) is 0 Å². The number of nitrogens with zero attached hydrogens (tertiary/aromatic N) is 2. The zero-order valence-electron chi connectivity index (χ0n) is 16.5. The number of hydrogen-bond donors (Lipinski definition) is 0. The van der Waals surface area contributed by atoms with E-state index in [1.54, 1.807) is 6.08 Å². The zero-order valence-corrected chi connectivity index (χ0v) is 16.5. The third-order valence-corrected chi connectivity index (χ3v) is 3.97. The highest BCUT2D eigenvalue weighted by atomic mass is 16.7. The Balaban J connectivity index is 2.53. The van der Waals surface area contributed by atoms with Crippen LogP contribution in [0.1, 0.15) is 53.4 Å². The maximum atomic E-state index is 12.1. The molecule has 146 valence electrons. The minimum absolute atomic E-state index is 0.0228. The minimum Gasteiger partial charge on any atom is -0.459 e. The molecule has 1 atom stereocenters. The molecule has 0 N–H and O–H groups in total. The number of ether oxygens (including phenoxy) is 3. The molecule has 6 nitrogen and oxygen atoms in total. The summed E-state index contributed by atoms with van der Waals surface area (Å²) in [4.78, 5) is 14.3. The quantitative estimate of drug-likeness (QED) is 0.242. The van der Waals surface area contributed by atoms with Gasteiger partial charge in [0.25, 0.3) is 0 Å². The second-order valence-electron chi connectivity index (χ2n) is 6.83. The fourth-order valence-corrected chi connectivity index (χ4v) is 2.49. The Morgan fingerprint density at radius 2 is 1.96 bits per heavy atom. The van der Waals surface area contributed by atoms with Gasteiger partial charge in [-0.05, 0) is 45.0 Å². The fourth-order valence-electron chi connectivity index (χ4n) is 2.49. The van der Waals surface area contributed by atoms with E-state index in [1.165, 1.54) is 6.08 Å². The Hall–Kier alpha value is -1.84. The molecule has 0 aromatic rings. The number of allylic oxidation sites excluding steroid dienone is 2. The number of rotatable bonds is 11. The number of nitriles is 1. The molecule has 1 saturated heterocycles. The number of esters is 1. The Morgan fingerprint density at radius 1 is 1.31 bits per heavy atom. The summed E-state index contributed by atoms with van der Waals surface area (Å²) in [6.07, 6.45) is 9.37. The molecule has 0 aliphatic carbocycles. The van der Waals surface area contributed by atoms with Crippen LogP contribution in [-0.4, -0.2) is 49.1 Å². The fraction of sp³-hybridized carbons (Fsp3) is 0.700. The van der Waals surface area contributed by atoms with Crippen LogP contribution in [0, 0.1) is 11.3 Å². The Bertz CT molecular complexity index is 526. The van der Waals surface area contributed by atoms with Crippen molar-refractivity contribution in [1.29, 1.82) is 5.26 Å². The normalized spacial score (nSPS) is 19.5. The molecule has 6 heteroatoms. The van der Waals surface area contributed by atoms with Gasteiger partial charge >= 0.3 is 5.97 Å². The van der Waals surface area contributed by atoms with Gasteiger partial charge in [-0.1, -0.05) is 26.7 Å². The van der Waals surface area contributed by atoms with Crippen molar-refractivity contribution in [2.45, 2.75) is 65.3 Å². The zero-order chi connectivity index (χ0) is 19.4. The summed E-state index contributed by atoms with van der Waals surface area (Å²) in [6, 6.07) is 1.90. The number of unbranched alkanes of at least 4 members (excludes halogenated alkanes) is 2. The van der Waals surface area contributed by atoms with Crippen molar-refractivity contribution in [2.24, 2.45) is 0 Å². The molecule has 0 aromatic carbocycles. The van der Waals surface area contributed by atoms with Gasteiger partial charge in [0.05, 0.1) is 6.61 Å².